The lowest BCUT2D eigenvalue weighted by atomic mass is 9.97. The molecule has 0 saturated heterocycles. The monoisotopic (exact) mass is 263 g/mol. The van der Waals surface area contributed by atoms with E-state index in [0.717, 1.165) is 25.7 Å². The SMILES string of the molecule is O=S(=O)(CCCCO)NC1CCCCCCC1. The highest BCUT2D eigenvalue weighted by Gasteiger charge is 2.18. The second kappa shape index (κ2) is 8.06. The van der Waals surface area contributed by atoms with Gasteiger partial charge in [-0.25, -0.2) is 13.1 Å². The number of hydrogen-bond donors (Lipinski definition) is 2. The lowest BCUT2D eigenvalue weighted by molar-refractivity contribution is 0.287. The minimum atomic E-state index is -3.14. The number of rotatable bonds is 6. The summed E-state index contributed by atoms with van der Waals surface area (Å²) in [5, 5.41) is 8.64. The van der Waals surface area contributed by atoms with E-state index in [1.54, 1.807) is 0 Å². The molecule has 17 heavy (non-hydrogen) atoms. The van der Waals surface area contributed by atoms with Crippen molar-refractivity contribution in [2.75, 3.05) is 12.4 Å². The zero-order valence-corrected chi connectivity index (χ0v) is 11.3. The Bertz CT molecular complexity index is 282. The van der Waals surface area contributed by atoms with E-state index in [2.05, 4.69) is 4.72 Å². The summed E-state index contributed by atoms with van der Waals surface area (Å²) in [7, 11) is -3.14. The lowest BCUT2D eigenvalue weighted by Gasteiger charge is -2.20. The summed E-state index contributed by atoms with van der Waals surface area (Å²) in [6, 6.07) is 0.134. The van der Waals surface area contributed by atoms with Gasteiger partial charge in [0, 0.05) is 12.6 Å². The fourth-order valence-electron chi connectivity index (χ4n) is 2.29. The van der Waals surface area contributed by atoms with Crippen LogP contribution < -0.4 is 4.72 Å². The van der Waals surface area contributed by atoms with E-state index < -0.39 is 10.0 Å². The maximum Gasteiger partial charge on any atom is 0.211 e. The van der Waals surface area contributed by atoms with Crippen LogP contribution in [0, 0.1) is 0 Å². The molecule has 1 aliphatic carbocycles. The van der Waals surface area contributed by atoms with Crippen LogP contribution in [0.3, 0.4) is 0 Å². The molecule has 1 saturated carbocycles. The van der Waals surface area contributed by atoms with Gasteiger partial charge in [-0.3, -0.25) is 0 Å². The van der Waals surface area contributed by atoms with E-state index >= 15 is 0 Å². The fourth-order valence-corrected chi connectivity index (χ4v) is 3.74. The molecule has 5 heteroatoms. The smallest absolute Gasteiger partial charge is 0.211 e. The first kappa shape index (κ1) is 14.9. The van der Waals surface area contributed by atoms with Crippen molar-refractivity contribution in [1.82, 2.24) is 4.72 Å². The highest BCUT2D eigenvalue weighted by molar-refractivity contribution is 7.89. The number of nitrogens with one attached hydrogen (secondary N) is 1. The molecule has 0 aromatic heterocycles. The molecule has 0 aromatic rings. The van der Waals surface area contributed by atoms with Gasteiger partial charge in [-0.2, -0.15) is 0 Å². The second-order valence-electron chi connectivity index (χ2n) is 4.91. The Morgan fingerprint density at radius 3 is 2.18 bits per heavy atom. The Hall–Kier alpha value is -0.130. The first-order chi connectivity index (χ1) is 8.14. The van der Waals surface area contributed by atoms with Crippen LogP contribution in [0.15, 0.2) is 0 Å². The topological polar surface area (TPSA) is 66.4 Å². The van der Waals surface area contributed by atoms with Crippen molar-refractivity contribution in [2.45, 2.75) is 63.8 Å². The largest absolute Gasteiger partial charge is 0.396 e. The molecule has 0 radical (unpaired) electrons. The molecule has 0 atom stereocenters. The van der Waals surface area contributed by atoms with Gasteiger partial charge in [-0.15, -0.1) is 0 Å². The van der Waals surface area contributed by atoms with Gasteiger partial charge in [0.2, 0.25) is 10.0 Å². The van der Waals surface area contributed by atoms with Crippen molar-refractivity contribution < 1.29 is 13.5 Å². The summed E-state index contributed by atoms with van der Waals surface area (Å²) in [5.74, 6) is 0.143. The molecule has 0 bridgehead atoms. The van der Waals surface area contributed by atoms with Crippen LogP contribution in [0.5, 0.6) is 0 Å². The van der Waals surface area contributed by atoms with Crippen LogP contribution >= 0.6 is 0 Å². The van der Waals surface area contributed by atoms with Gasteiger partial charge in [-0.1, -0.05) is 32.1 Å². The van der Waals surface area contributed by atoms with E-state index in [0.29, 0.717) is 12.8 Å². The lowest BCUT2D eigenvalue weighted by Crippen LogP contribution is -2.36. The van der Waals surface area contributed by atoms with Crippen LogP contribution in [-0.4, -0.2) is 31.9 Å². The van der Waals surface area contributed by atoms with Crippen molar-refractivity contribution in [3.8, 4) is 0 Å². The van der Waals surface area contributed by atoms with Crippen LogP contribution in [0.2, 0.25) is 0 Å². The summed E-state index contributed by atoms with van der Waals surface area (Å²) >= 11 is 0. The average Bonchev–Trinajstić information content (AvgIpc) is 2.22. The molecular formula is C12H25NO3S. The molecule has 0 aromatic carbocycles. The number of aliphatic hydroxyl groups excluding tert-OH is 1. The van der Waals surface area contributed by atoms with Gasteiger partial charge >= 0.3 is 0 Å². The van der Waals surface area contributed by atoms with Crippen LogP contribution in [0.25, 0.3) is 0 Å². The first-order valence-electron chi connectivity index (χ1n) is 6.75. The Balaban J connectivity index is 2.33. The number of aliphatic hydroxyl groups is 1. The predicted octanol–water partition coefficient (Wildman–Crippen LogP) is 1.79. The van der Waals surface area contributed by atoms with Gasteiger partial charge < -0.3 is 5.11 Å². The minimum absolute atomic E-state index is 0.0684. The van der Waals surface area contributed by atoms with Crippen molar-refractivity contribution in [2.24, 2.45) is 0 Å². The van der Waals surface area contributed by atoms with Gasteiger partial charge in [0.05, 0.1) is 5.75 Å². The van der Waals surface area contributed by atoms with Crippen molar-refractivity contribution >= 4 is 10.0 Å². The normalized spacial score (nSPS) is 19.8. The Morgan fingerprint density at radius 1 is 1.00 bits per heavy atom. The van der Waals surface area contributed by atoms with E-state index in [1.807, 2.05) is 0 Å². The molecule has 1 aliphatic rings. The number of sulfonamides is 1. The molecule has 0 heterocycles. The molecule has 0 aliphatic heterocycles. The molecule has 2 N–H and O–H groups in total. The van der Waals surface area contributed by atoms with E-state index in [4.69, 9.17) is 5.11 Å². The third kappa shape index (κ3) is 7.01. The summed E-state index contributed by atoms with van der Waals surface area (Å²) in [5.41, 5.74) is 0. The van der Waals surface area contributed by atoms with Gasteiger partial charge in [0.25, 0.3) is 0 Å². The van der Waals surface area contributed by atoms with Gasteiger partial charge in [0.15, 0.2) is 0 Å². The minimum Gasteiger partial charge on any atom is -0.396 e. The van der Waals surface area contributed by atoms with E-state index in [9.17, 15) is 8.42 Å². The Labute approximate surface area is 105 Å². The van der Waals surface area contributed by atoms with Crippen LogP contribution in [-0.2, 0) is 10.0 Å². The highest BCUT2D eigenvalue weighted by Crippen LogP contribution is 2.17. The summed E-state index contributed by atoms with van der Waals surface area (Å²) in [6.45, 7) is 0.0684. The Morgan fingerprint density at radius 2 is 1.59 bits per heavy atom. The van der Waals surface area contributed by atoms with Crippen LogP contribution in [0.4, 0.5) is 0 Å². The van der Waals surface area contributed by atoms with Gasteiger partial charge in [-0.05, 0) is 25.7 Å². The third-order valence-electron chi connectivity index (χ3n) is 3.27. The molecule has 1 rings (SSSR count). The third-order valence-corrected chi connectivity index (χ3v) is 4.79. The molecular weight excluding hydrogens is 238 g/mol. The number of hydrogen-bond acceptors (Lipinski definition) is 3. The first-order valence-corrected chi connectivity index (χ1v) is 8.40. The summed E-state index contributed by atoms with van der Waals surface area (Å²) in [4.78, 5) is 0. The maximum atomic E-state index is 11.8. The Kier molecular flexibility index (Phi) is 7.08. The number of unbranched alkanes of at least 4 members (excludes halogenated alkanes) is 1. The van der Waals surface area contributed by atoms with Gasteiger partial charge in [0.1, 0.15) is 0 Å². The summed E-state index contributed by atoms with van der Waals surface area (Å²) < 4.78 is 26.4. The molecule has 0 spiro atoms. The fraction of sp³-hybridized carbons (Fsp3) is 1.00. The van der Waals surface area contributed by atoms with Crippen molar-refractivity contribution in [1.29, 1.82) is 0 Å². The molecule has 0 amide bonds. The standard InChI is InChI=1S/C12H25NO3S/c14-10-6-7-11-17(15,16)13-12-8-4-2-1-3-5-9-12/h12-14H,1-11H2. The van der Waals surface area contributed by atoms with E-state index in [1.165, 1.54) is 19.3 Å². The average molecular weight is 263 g/mol. The highest BCUT2D eigenvalue weighted by atomic mass is 32.2. The summed E-state index contributed by atoms with van der Waals surface area (Å²) in [6.07, 6.45) is 9.04. The molecule has 4 nitrogen and oxygen atoms in total. The second-order valence-corrected chi connectivity index (χ2v) is 6.78. The zero-order chi connectivity index (χ0) is 12.6. The zero-order valence-electron chi connectivity index (χ0n) is 10.5. The molecule has 0 unspecified atom stereocenters. The van der Waals surface area contributed by atoms with Crippen molar-refractivity contribution in [3.05, 3.63) is 0 Å². The predicted molar refractivity (Wildman–Crippen MR) is 69.3 cm³/mol. The van der Waals surface area contributed by atoms with Crippen molar-refractivity contribution in [3.63, 3.8) is 0 Å². The van der Waals surface area contributed by atoms with E-state index in [-0.39, 0.29) is 18.4 Å². The maximum absolute atomic E-state index is 11.8. The van der Waals surface area contributed by atoms with Crippen LogP contribution in [0.1, 0.15) is 57.8 Å². The molecule has 102 valence electrons. The quantitative estimate of drug-likeness (QED) is 0.718. The molecule has 1 fully saturated rings.